The molecule has 10 rings (SSSR count). The molecule has 3 aromatic heterocycles. The number of H-pyrrole nitrogens is 1. The number of fused-ring (bicyclic) bond motifs is 1. The highest BCUT2D eigenvalue weighted by Gasteiger charge is 2.51. The molecular formula is C49H55N11O4. The Labute approximate surface area is 372 Å². The minimum Gasteiger partial charge on any atom is -0.372 e. The van der Waals surface area contributed by atoms with E-state index in [0.29, 0.717) is 30.1 Å². The maximum atomic E-state index is 12.9. The van der Waals surface area contributed by atoms with E-state index in [9.17, 15) is 14.4 Å². The van der Waals surface area contributed by atoms with Crippen LogP contribution in [-0.4, -0.2) is 100 Å². The molecule has 330 valence electrons. The molecule has 4 saturated heterocycles. The van der Waals surface area contributed by atoms with E-state index in [2.05, 4.69) is 94.2 Å². The summed E-state index contributed by atoms with van der Waals surface area (Å²) in [7, 11) is 0. The van der Waals surface area contributed by atoms with E-state index in [0.717, 1.165) is 76.4 Å². The Bertz CT molecular complexity index is 2720. The van der Waals surface area contributed by atoms with Gasteiger partial charge in [0.05, 0.1) is 6.04 Å². The molecule has 15 nitrogen and oxygen atoms in total. The summed E-state index contributed by atoms with van der Waals surface area (Å²) in [5.74, 6) is 0.540. The van der Waals surface area contributed by atoms with Gasteiger partial charge in [0.1, 0.15) is 5.69 Å². The molecule has 3 N–H and O–H groups in total. The molecule has 1 atom stereocenters. The van der Waals surface area contributed by atoms with Gasteiger partial charge in [-0.1, -0.05) is 50.2 Å². The van der Waals surface area contributed by atoms with Crippen molar-refractivity contribution in [3.63, 3.8) is 0 Å². The molecule has 4 fully saturated rings. The molecule has 6 aromatic rings. The van der Waals surface area contributed by atoms with Gasteiger partial charge in [-0.15, -0.1) is 0 Å². The Morgan fingerprint density at radius 1 is 0.875 bits per heavy atom. The number of rotatable bonds is 10. The Balaban J connectivity index is 0.702. The number of aromatic amines is 1. The number of hydrogen-bond acceptors (Lipinski definition) is 11. The molecule has 1 unspecified atom stereocenters. The fourth-order valence-corrected chi connectivity index (χ4v) is 9.98. The van der Waals surface area contributed by atoms with Crippen LogP contribution < -0.4 is 25.3 Å². The van der Waals surface area contributed by atoms with Crippen LogP contribution in [0.4, 0.5) is 21.9 Å². The summed E-state index contributed by atoms with van der Waals surface area (Å²) in [5, 5.41) is 18.1. The molecule has 4 amide bonds. The fraction of sp³-hybridized carbons (Fsp3) is 0.408. The zero-order valence-electron chi connectivity index (χ0n) is 37.1. The van der Waals surface area contributed by atoms with Crippen LogP contribution in [0.15, 0.2) is 83.5 Å². The number of pyridine rings is 1. The van der Waals surface area contributed by atoms with E-state index < -0.39 is 5.91 Å². The molecule has 0 aliphatic carbocycles. The Morgan fingerprint density at radius 3 is 2.25 bits per heavy atom. The number of anilines is 3. The quantitative estimate of drug-likeness (QED) is 0.127. The second-order valence-electron chi connectivity index (χ2n) is 19.4. The molecule has 0 radical (unpaired) electrons. The Kier molecular flexibility index (Phi) is 10.5. The molecule has 0 saturated carbocycles. The molecule has 64 heavy (non-hydrogen) atoms. The van der Waals surface area contributed by atoms with Gasteiger partial charge in [0, 0.05) is 109 Å². The number of aryl methyl sites for hydroxylation is 1. The van der Waals surface area contributed by atoms with Gasteiger partial charge in [0.2, 0.25) is 5.91 Å². The third kappa shape index (κ3) is 8.08. The van der Waals surface area contributed by atoms with Crippen LogP contribution >= 0.6 is 0 Å². The summed E-state index contributed by atoms with van der Waals surface area (Å²) < 4.78 is 5.25. The lowest BCUT2D eigenvalue weighted by atomic mass is 9.72. The monoisotopic (exact) mass is 861 g/mol. The smallest absolute Gasteiger partial charge is 0.328 e. The molecule has 1 spiro atoms. The topological polar surface area (TPSA) is 169 Å². The van der Waals surface area contributed by atoms with Crippen LogP contribution in [0.3, 0.4) is 0 Å². The normalized spacial score (nSPS) is 18.5. The first-order valence-corrected chi connectivity index (χ1v) is 22.4. The number of benzene rings is 3. The Hall–Kier alpha value is -6.61. The van der Waals surface area contributed by atoms with Crippen LogP contribution in [0.5, 0.6) is 0 Å². The summed E-state index contributed by atoms with van der Waals surface area (Å²) >= 11 is 0. The van der Waals surface area contributed by atoms with Crippen LogP contribution in [0, 0.1) is 18.3 Å². The average molecular weight is 862 g/mol. The van der Waals surface area contributed by atoms with Crippen molar-refractivity contribution in [2.75, 3.05) is 67.1 Å². The number of urea groups is 1. The number of hydrogen-bond donors (Lipinski definition) is 3. The molecule has 15 heteroatoms. The summed E-state index contributed by atoms with van der Waals surface area (Å²) in [6.45, 7) is 18.1. The van der Waals surface area contributed by atoms with Gasteiger partial charge in [0.25, 0.3) is 0 Å². The van der Waals surface area contributed by atoms with Gasteiger partial charge in [-0.3, -0.25) is 24.9 Å². The van der Waals surface area contributed by atoms with Crippen LogP contribution in [0.25, 0.3) is 33.4 Å². The fourth-order valence-electron chi connectivity index (χ4n) is 9.98. The molecule has 3 aromatic carbocycles. The number of aromatic nitrogens is 5. The maximum absolute atomic E-state index is 12.9. The first kappa shape index (κ1) is 41.4. The molecule has 0 bridgehead atoms. The number of imide groups is 1. The van der Waals surface area contributed by atoms with E-state index >= 15 is 0 Å². The van der Waals surface area contributed by atoms with Crippen molar-refractivity contribution in [3.05, 3.63) is 102 Å². The van der Waals surface area contributed by atoms with Gasteiger partial charge in [0.15, 0.2) is 11.5 Å². The van der Waals surface area contributed by atoms with Gasteiger partial charge in [-0.05, 0) is 97.8 Å². The van der Waals surface area contributed by atoms with Crippen molar-refractivity contribution < 1.29 is 18.9 Å². The summed E-state index contributed by atoms with van der Waals surface area (Å²) in [4.78, 5) is 55.0. The maximum Gasteiger partial charge on any atom is 0.328 e. The second-order valence-corrected chi connectivity index (χ2v) is 19.4. The van der Waals surface area contributed by atoms with Crippen molar-refractivity contribution in [3.8, 4) is 22.4 Å². The van der Waals surface area contributed by atoms with Crippen molar-refractivity contribution in [1.29, 1.82) is 0 Å². The number of carbonyl (C=O) groups excluding carboxylic acids is 3. The number of amides is 4. The lowest BCUT2D eigenvalue weighted by Gasteiger charge is -2.61. The number of piperidine rings is 1. The van der Waals surface area contributed by atoms with E-state index in [1.165, 1.54) is 43.9 Å². The first-order valence-electron chi connectivity index (χ1n) is 22.4. The first-order chi connectivity index (χ1) is 30.8. The van der Waals surface area contributed by atoms with Crippen molar-refractivity contribution in [2.45, 2.75) is 65.3 Å². The van der Waals surface area contributed by atoms with Gasteiger partial charge >= 0.3 is 17.8 Å². The minimum atomic E-state index is -0.404. The van der Waals surface area contributed by atoms with Crippen LogP contribution in [0.1, 0.15) is 80.6 Å². The van der Waals surface area contributed by atoms with Crippen molar-refractivity contribution >= 4 is 45.9 Å². The minimum absolute atomic E-state index is 0.0440. The highest BCUT2D eigenvalue weighted by atomic mass is 16.5. The standard InChI is InChI=1S/C49H55N11O4/c1-30-22-34(8-15-39(30)31(2)51-44(62)45-53-46(56-64-45)48(3,4)5)42-40-23-35(24-50-43(40)55-54-42)33-6-9-37(10-7-33)59-28-49(29-59)26-57(27-49)25-32-16-19-58(20-17-32)36-11-13-38(14-12-36)60-21-18-41(61)52-47(60)63/h6-15,22-24,31-32H,16-21,25-29H2,1-5H3,(H,51,62)(H,50,54,55)(H,52,61,63). The van der Waals surface area contributed by atoms with Crippen molar-refractivity contribution in [1.82, 2.24) is 40.9 Å². The van der Waals surface area contributed by atoms with E-state index in [1.807, 2.05) is 65.1 Å². The molecular weight excluding hydrogens is 807 g/mol. The number of nitrogens with zero attached hydrogens (tertiary/aromatic N) is 8. The highest BCUT2D eigenvalue weighted by molar-refractivity contribution is 6.05. The zero-order valence-corrected chi connectivity index (χ0v) is 37.1. The second kappa shape index (κ2) is 16.2. The lowest BCUT2D eigenvalue weighted by molar-refractivity contribution is -0.120. The Morgan fingerprint density at radius 2 is 1.56 bits per heavy atom. The van der Waals surface area contributed by atoms with Gasteiger partial charge in [-0.2, -0.15) is 10.1 Å². The number of likely N-dealkylation sites (tertiary alicyclic amines) is 1. The average Bonchev–Trinajstić information content (AvgIpc) is 3.93. The van der Waals surface area contributed by atoms with Crippen LogP contribution in [0.2, 0.25) is 0 Å². The molecule has 4 aliphatic heterocycles. The van der Waals surface area contributed by atoms with E-state index in [4.69, 9.17) is 9.51 Å². The van der Waals surface area contributed by atoms with Crippen LogP contribution in [-0.2, 0) is 10.2 Å². The zero-order chi connectivity index (χ0) is 44.3. The largest absolute Gasteiger partial charge is 0.372 e. The van der Waals surface area contributed by atoms with Gasteiger partial charge in [-0.25, -0.2) is 9.78 Å². The van der Waals surface area contributed by atoms with Gasteiger partial charge < -0.3 is 24.5 Å². The van der Waals surface area contributed by atoms with E-state index in [-0.39, 0.29) is 29.3 Å². The number of carbonyl (C=O) groups is 3. The lowest BCUT2D eigenvalue weighted by Crippen LogP contribution is -2.72. The SMILES string of the molecule is Cc1cc(-c2n[nH]c3ncc(-c4ccc(N5CC6(CN(CC7CCN(c8ccc(N9CCC(=O)NC9=O)cc8)CC7)C6)C5)cc4)cc23)ccc1C(C)NC(=O)c1nc(C(C)(C)C)no1. The summed E-state index contributed by atoms with van der Waals surface area (Å²) in [6, 6.07) is 24.7. The number of nitrogens with one attached hydrogen (secondary N) is 3. The summed E-state index contributed by atoms with van der Waals surface area (Å²) in [6.07, 6.45) is 4.60. The molecule has 7 heterocycles. The summed E-state index contributed by atoms with van der Waals surface area (Å²) in [5.41, 5.74) is 10.0. The highest BCUT2D eigenvalue weighted by Crippen LogP contribution is 2.43. The van der Waals surface area contributed by atoms with Crippen molar-refractivity contribution in [2.24, 2.45) is 11.3 Å². The third-order valence-electron chi connectivity index (χ3n) is 13.5. The third-order valence-corrected chi connectivity index (χ3v) is 13.5. The molecule has 4 aliphatic rings. The predicted molar refractivity (Wildman–Crippen MR) is 246 cm³/mol. The van der Waals surface area contributed by atoms with E-state index in [1.54, 1.807) is 4.90 Å². The predicted octanol–water partition coefficient (Wildman–Crippen LogP) is 7.26.